The zero-order valence-electron chi connectivity index (χ0n) is 9.67. The first-order valence-corrected chi connectivity index (χ1v) is 5.65. The van der Waals surface area contributed by atoms with Gasteiger partial charge in [-0.3, -0.25) is 9.97 Å². The van der Waals surface area contributed by atoms with Crippen molar-refractivity contribution in [3.63, 3.8) is 0 Å². The predicted molar refractivity (Wildman–Crippen MR) is 73.7 cm³/mol. The molecule has 3 N–H and O–H groups in total. The molecule has 0 atom stereocenters. The Hall–Kier alpha value is -2.62. The van der Waals surface area contributed by atoms with E-state index in [9.17, 15) is 0 Å². The number of benzene rings is 1. The highest BCUT2D eigenvalue weighted by atomic mass is 14.9. The second-order valence-corrected chi connectivity index (χ2v) is 3.96. The van der Waals surface area contributed by atoms with Gasteiger partial charge in [0.1, 0.15) is 0 Å². The molecule has 3 rings (SSSR count). The third-order valence-corrected chi connectivity index (χ3v) is 2.77. The van der Waals surface area contributed by atoms with Gasteiger partial charge < -0.3 is 11.1 Å². The van der Waals surface area contributed by atoms with Crippen molar-refractivity contribution in [3.8, 4) is 0 Å². The largest absolute Gasteiger partial charge is 0.396 e. The third-order valence-electron chi connectivity index (χ3n) is 2.77. The summed E-state index contributed by atoms with van der Waals surface area (Å²) in [5.41, 5.74) is 9.28. The molecule has 1 aromatic carbocycles. The zero-order chi connectivity index (χ0) is 12.4. The summed E-state index contributed by atoms with van der Waals surface area (Å²) in [6.45, 7) is 0. The van der Waals surface area contributed by atoms with Crippen LogP contribution >= 0.6 is 0 Å². The molecule has 2 heterocycles. The lowest BCUT2D eigenvalue weighted by molar-refractivity contribution is 1.33. The monoisotopic (exact) mass is 236 g/mol. The number of hydrogen-bond donors (Lipinski definition) is 2. The molecule has 18 heavy (non-hydrogen) atoms. The highest BCUT2D eigenvalue weighted by Gasteiger charge is 2.03. The molecule has 0 bridgehead atoms. The van der Waals surface area contributed by atoms with Gasteiger partial charge in [-0.25, -0.2) is 0 Å². The van der Waals surface area contributed by atoms with E-state index in [-0.39, 0.29) is 0 Å². The van der Waals surface area contributed by atoms with Crippen LogP contribution in [0.4, 0.5) is 17.1 Å². The summed E-state index contributed by atoms with van der Waals surface area (Å²) in [5, 5.41) is 4.38. The lowest BCUT2D eigenvalue weighted by atomic mass is 10.1. The Morgan fingerprint density at radius 1 is 0.944 bits per heavy atom. The maximum absolute atomic E-state index is 5.87. The van der Waals surface area contributed by atoms with Crippen LogP contribution in [-0.4, -0.2) is 9.97 Å². The van der Waals surface area contributed by atoms with Crippen LogP contribution in [0, 0.1) is 0 Å². The van der Waals surface area contributed by atoms with E-state index in [0.717, 1.165) is 22.3 Å². The van der Waals surface area contributed by atoms with Crippen molar-refractivity contribution in [2.24, 2.45) is 0 Å². The second kappa shape index (κ2) is 4.33. The number of nitrogens with zero attached hydrogens (tertiary/aromatic N) is 2. The average molecular weight is 236 g/mol. The minimum Gasteiger partial charge on any atom is -0.396 e. The summed E-state index contributed by atoms with van der Waals surface area (Å²) < 4.78 is 0. The standard InChI is InChI=1S/C14H12N4/c15-11-9-16-8-6-14(11)18-13-5-1-4-12-10(13)3-2-7-17-12/h1-9H,15H2,(H,16,18). The molecule has 3 aromatic rings. The molecule has 0 spiro atoms. The Bertz CT molecular complexity index is 689. The molecular formula is C14H12N4. The predicted octanol–water partition coefficient (Wildman–Crippen LogP) is 2.96. The van der Waals surface area contributed by atoms with E-state index in [1.165, 1.54) is 0 Å². The Morgan fingerprint density at radius 3 is 2.78 bits per heavy atom. The van der Waals surface area contributed by atoms with Crippen molar-refractivity contribution < 1.29 is 0 Å². The summed E-state index contributed by atoms with van der Waals surface area (Å²) in [7, 11) is 0. The van der Waals surface area contributed by atoms with Gasteiger partial charge in [0.15, 0.2) is 0 Å². The first-order chi connectivity index (χ1) is 8.84. The fourth-order valence-corrected chi connectivity index (χ4v) is 1.88. The smallest absolute Gasteiger partial charge is 0.0739 e. The first-order valence-electron chi connectivity index (χ1n) is 5.65. The van der Waals surface area contributed by atoms with Crippen LogP contribution in [0.2, 0.25) is 0 Å². The molecule has 0 aliphatic carbocycles. The van der Waals surface area contributed by atoms with Crippen molar-refractivity contribution >= 4 is 28.0 Å². The molecular weight excluding hydrogens is 224 g/mol. The van der Waals surface area contributed by atoms with Crippen LogP contribution in [0.25, 0.3) is 10.9 Å². The van der Waals surface area contributed by atoms with E-state index in [4.69, 9.17) is 5.73 Å². The Labute approximate surface area is 104 Å². The number of nitrogen functional groups attached to an aromatic ring is 1. The molecule has 0 radical (unpaired) electrons. The molecule has 0 fully saturated rings. The van der Waals surface area contributed by atoms with Crippen LogP contribution < -0.4 is 11.1 Å². The fraction of sp³-hybridized carbons (Fsp3) is 0. The lowest BCUT2D eigenvalue weighted by Crippen LogP contribution is -1.97. The van der Waals surface area contributed by atoms with Gasteiger partial charge >= 0.3 is 0 Å². The molecule has 4 heteroatoms. The average Bonchev–Trinajstić information content (AvgIpc) is 2.42. The quantitative estimate of drug-likeness (QED) is 0.718. The Morgan fingerprint density at radius 2 is 1.89 bits per heavy atom. The molecule has 0 saturated carbocycles. The number of nitrogens with two attached hydrogens (primary N) is 1. The molecule has 0 aliphatic heterocycles. The minimum atomic E-state index is 0.624. The van der Waals surface area contributed by atoms with Crippen molar-refractivity contribution in [2.75, 3.05) is 11.1 Å². The summed E-state index contributed by atoms with van der Waals surface area (Å²) >= 11 is 0. The summed E-state index contributed by atoms with van der Waals surface area (Å²) in [6, 6.07) is 11.8. The summed E-state index contributed by atoms with van der Waals surface area (Å²) in [4.78, 5) is 8.29. The second-order valence-electron chi connectivity index (χ2n) is 3.96. The molecule has 88 valence electrons. The highest BCUT2D eigenvalue weighted by Crippen LogP contribution is 2.27. The zero-order valence-corrected chi connectivity index (χ0v) is 9.67. The number of anilines is 3. The van der Waals surface area contributed by atoms with Gasteiger partial charge in [0.25, 0.3) is 0 Å². The fourth-order valence-electron chi connectivity index (χ4n) is 1.88. The Balaban J connectivity index is 2.08. The van der Waals surface area contributed by atoms with Gasteiger partial charge in [-0.2, -0.15) is 0 Å². The van der Waals surface area contributed by atoms with Crippen LogP contribution in [-0.2, 0) is 0 Å². The van der Waals surface area contributed by atoms with Crippen molar-refractivity contribution in [2.45, 2.75) is 0 Å². The van der Waals surface area contributed by atoms with Gasteiger partial charge in [0.2, 0.25) is 0 Å². The van der Waals surface area contributed by atoms with Gasteiger partial charge in [-0.15, -0.1) is 0 Å². The lowest BCUT2D eigenvalue weighted by Gasteiger charge is -2.10. The molecule has 0 amide bonds. The van der Waals surface area contributed by atoms with Crippen molar-refractivity contribution in [1.82, 2.24) is 9.97 Å². The van der Waals surface area contributed by atoms with Gasteiger partial charge in [0, 0.05) is 23.5 Å². The van der Waals surface area contributed by atoms with Gasteiger partial charge in [0.05, 0.1) is 23.1 Å². The number of fused-ring (bicyclic) bond motifs is 1. The maximum atomic E-state index is 5.87. The molecule has 0 aliphatic rings. The maximum Gasteiger partial charge on any atom is 0.0739 e. The number of nitrogens with one attached hydrogen (secondary N) is 1. The summed E-state index contributed by atoms with van der Waals surface area (Å²) in [6.07, 6.45) is 5.13. The minimum absolute atomic E-state index is 0.624. The van der Waals surface area contributed by atoms with Crippen LogP contribution in [0.1, 0.15) is 0 Å². The number of pyridine rings is 2. The van der Waals surface area contributed by atoms with Gasteiger partial charge in [-0.05, 0) is 30.3 Å². The topological polar surface area (TPSA) is 63.8 Å². The number of rotatable bonds is 2. The molecule has 0 saturated heterocycles. The molecule has 0 unspecified atom stereocenters. The van der Waals surface area contributed by atoms with Crippen LogP contribution in [0.3, 0.4) is 0 Å². The van der Waals surface area contributed by atoms with E-state index in [0.29, 0.717) is 5.69 Å². The Kier molecular flexibility index (Phi) is 2.53. The van der Waals surface area contributed by atoms with Crippen molar-refractivity contribution in [3.05, 3.63) is 55.0 Å². The molecule has 4 nitrogen and oxygen atoms in total. The van der Waals surface area contributed by atoms with Crippen molar-refractivity contribution in [1.29, 1.82) is 0 Å². The van der Waals surface area contributed by atoms with Crippen LogP contribution in [0.5, 0.6) is 0 Å². The van der Waals surface area contributed by atoms with E-state index in [1.807, 2.05) is 36.4 Å². The van der Waals surface area contributed by atoms with Gasteiger partial charge in [-0.1, -0.05) is 6.07 Å². The summed E-state index contributed by atoms with van der Waals surface area (Å²) in [5.74, 6) is 0. The van der Waals surface area contributed by atoms with E-state index in [2.05, 4.69) is 15.3 Å². The number of hydrogen-bond acceptors (Lipinski definition) is 4. The van der Waals surface area contributed by atoms with E-state index < -0.39 is 0 Å². The number of aromatic nitrogens is 2. The first kappa shape index (κ1) is 10.5. The highest BCUT2D eigenvalue weighted by molar-refractivity contribution is 5.93. The SMILES string of the molecule is Nc1cnccc1Nc1cccc2ncccc12. The molecule has 2 aromatic heterocycles. The third kappa shape index (κ3) is 1.84. The van der Waals surface area contributed by atoms with Crippen LogP contribution in [0.15, 0.2) is 55.0 Å². The normalized spacial score (nSPS) is 10.4. The van der Waals surface area contributed by atoms with E-state index >= 15 is 0 Å². The van der Waals surface area contributed by atoms with E-state index in [1.54, 1.807) is 18.6 Å².